The lowest BCUT2D eigenvalue weighted by molar-refractivity contribution is -0.119. The molecule has 0 heterocycles. The van der Waals surface area contributed by atoms with Crippen molar-refractivity contribution in [3.8, 4) is 0 Å². The summed E-state index contributed by atoms with van der Waals surface area (Å²) >= 11 is 11.2. The Balaban J connectivity index is 2.68. The van der Waals surface area contributed by atoms with Crippen molar-refractivity contribution in [1.29, 1.82) is 0 Å². The van der Waals surface area contributed by atoms with Crippen LogP contribution in [0.1, 0.15) is 11.1 Å². The molecule has 0 aliphatic heterocycles. The van der Waals surface area contributed by atoms with Gasteiger partial charge < -0.3 is 16.0 Å². The topological polar surface area (TPSA) is 53.2 Å². The number of hydrogen-bond donors (Lipinski definition) is 3. The van der Waals surface area contributed by atoms with Gasteiger partial charge in [-0.1, -0.05) is 17.7 Å². The molecule has 6 heteroatoms. The average Bonchev–Trinajstić information content (AvgIpc) is 2.30. The molecular weight excluding hydrogens is 270 g/mol. The first kappa shape index (κ1) is 14.7. The van der Waals surface area contributed by atoms with E-state index < -0.39 is 0 Å². The SMILES string of the molecule is CNC(=O)CNC(=S)Nc1c(C)cc(C)cc1Cl. The van der Waals surface area contributed by atoms with Gasteiger partial charge in [-0.25, -0.2) is 0 Å². The van der Waals surface area contributed by atoms with E-state index in [0.29, 0.717) is 10.1 Å². The summed E-state index contributed by atoms with van der Waals surface area (Å²) in [6.07, 6.45) is 0. The minimum atomic E-state index is -0.133. The number of carbonyl (C=O) groups excluding carboxylic acids is 1. The lowest BCUT2D eigenvalue weighted by Gasteiger charge is -2.14. The van der Waals surface area contributed by atoms with Crippen LogP contribution in [0.2, 0.25) is 5.02 Å². The normalized spacial score (nSPS) is 9.78. The van der Waals surface area contributed by atoms with E-state index in [-0.39, 0.29) is 12.5 Å². The number of carbonyl (C=O) groups is 1. The minimum absolute atomic E-state index is 0.130. The fourth-order valence-electron chi connectivity index (χ4n) is 1.48. The van der Waals surface area contributed by atoms with Crippen LogP contribution in [0.3, 0.4) is 0 Å². The number of thiocarbonyl (C=S) groups is 1. The maximum absolute atomic E-state index is 11.1. The Hall–Kier alpha value is -1.33. The molecule has 0 radical (unpaired) electrons. The van der Waals surface area contributed by atoms with Gasteiger partial charge in [0.25, 0.3) is 0 Å². The third kappa shape index (κ3) is 4.16. The highest BCUT2D eigenvalue weighted by Gasteiger charge is 2.07. The van der Waals surface area contributed by atoms with E-state index in [1.165, 1.54) is 0 Å². The molecule has 1 amide bonds. The predicted octanol–water partition coefficient (Wildman–Crippen LogP) is 1.99. The predicted molar refractivity (Wildman–Crippen MR) is 79.2 cm³/mol. The quantitative estimate of drug-likeness (QED) is 0.744. The number of amides is 1. The summed E-state index contributed by atoms with van der Waals surface area (Å²) in [7, 11) is 1.57. The molecule has 0 fully saturated rings. The van der Waals surface area contributed by atoms with E-state index in [2.05, 4.69) is 16.0 Å². The van der Waals surface area contributed by atoms with Crippen LogP contribution in [0.15, 0.2) is 12.1 Å². The van der Waals surface area contributed by atoms with Crippen molar-refractivity contribution in [3.05, 3.63) is 28.3 Å². The van der Waals surface area contributed by atoms with Crippen molar-refractivity contribution in [1.82, 2.24) is 10.6 Å². The van der Waals surface area contributed by atoms with E-state index in [4.69, 9.17) is 23.8 Å². The van der Waals surface area contributed by atoms with Crippen molar-refractivity contribution in [2.24, 2.45) is 0 Å². The lowest BCUT2D eigenvalue weighted by Crippen LogP contribution is -2.37. The molecule has 18 heavy (non-hydrogen) atoms. The van der Waals surface area contributed by atoms with Crippen LogP contribution in [0.4, 0.5) is 5.69 Å². The van der Waals surface area contributed by atoms with Gasteiger partial charge in [0.1, 0.15) is 0 Å². The molecule has 0 saturated carbocycles. The van der Waals surface area contributed by atoms with Gasteiger partial charge in [0.2, 0.25) is 5.91 Å². The highest BCUT2D eigenvalue weighted by molar-refractivity contribution is 7.80. The number of hydrogen-bond acceptors (Lipinski definition) is 2. The lowest BCUT2D eigenvalue weighted by atomic mass is 10.1. The van der Waals surface area contributed by atoms with Gasteiger partial charge in [0.05, 0.1) is 17.3 Å². The Labute approximate surface area is 117 Å². The van der Waals surface area contributed by atoms with Crippen LogP contribution in [-0.4, -0.2) is 24.6 Å². The molecule has 0 bridgehead atoms. The average molecular weight is 286 g/mol. The highest BCUT2D eigenvalue weighted by atomic mass is 35.5. The van der Waals surface area contributed by atoms with Gasteiger partial charge in [-0.3, -0.25) is 4.79 Å². The molecule has 3 N–H and O–H groups in total. The van der Waals surface area contributed by atoms with Crippen molar-refractivity contribution < 1.29 is 4.79 Å². The van der Waals surface area contributed by atoms with Crippen molar-refractivity contribution in [3.63, 3.8) is 0 Å². The largest absolute Gasteiger partial charge is 0.358 e. The zero-order valence-electron chi connectivity index (χ0n) is 10.6. The molecule has 0 unspecified atom stereocenters. The second-order valence-corrected chi connectivity index (χ2v) is 4.73. The fourth-order valence-corrected chi connectivity index (χ4v) is 2.02. The molecule has 1 aromatic rings. The molecule has 0 spiro atoms. The Morgan fingerprint density at radius 1 is 1.39 bits per heavy atom. The summed E-state index contributed by atoms with van der Waals surface area (Å²) in [6, 6.07) is 3.87. The smallest absolute Gasteiger partial charge is 0.239 e. The minimum Gasteiger partial charge on any atom is -0.358 e. The summed E-state index contributed by atoms with van der Waals surface area (Å²) in [5.74, 6) is -0.133. The second kappa shape index (κ2) is 6.56. The Morgan fingerprint density at radius 3 is 2.61 bits per heavy atom. The summed E-state index contributed by atoms with van der Waals surface area (Å²) in [5, 5.41) is 9.27. The summed E-state index contributed by atoms with van der Waals surface area (Å²) in [4.78, 5) is 11.1. The highest BCUT2D eigenvalue weighted by Crippen LogP contribution is 2.27. The van der Waals surface area contributed by atoms with E-state index in [1.807, 2.05) is 26.0 Å². The van der Waals surface area contributed by atoms with Crippen LogP contribution in [0.5, 0.6) is 0 Å². The zero-order valence-corrected chi connectivity index (χ0v) is 12.1. The molecule has 0 aliphatic rings. The number of likely N-dealkylation sites (N-methyl/N-ethyl adjacent to an activating group) is 1. The number of rotatable bonds is 3. The van der Waals surface area contributed by atoms with Crippen molar-refractivity contribution in [2.45, 2.75) is 13.8 Å². The third-order valence-electron chi connectivity index (χ3n) is 2.36. The van der Waals surface area contributed by atoms with Crippen LogP contribution >= 0.6 is 23.8 Å². The van der Waals surface area contributed by atoms with Gasteiger partial charge >= 0.3 is 0 Å². The van der Waals surface area contributed by atoms with Gasteiger partial charge in [-0.05, 0) is 43.3 Å². The summed E-state index contributed by atoms with van der Waals surface area (Å²) in [6.45, 7) is 4.05. The van der Waals surface area contributed by atoms with E-state index in [9.17, 15) is 4.79 Å². The first-order valence-corrected chi connectivity index (χ1v) is 6.25. The third-order valence-corrected chi connectivity index (χ3v) is 2.90. The number of halogens is 1. The molecule has 4 nitrogen and oxygen atoms in total. The van der Waals surface area contributed by atoms with Gasteiger partial charge in [0.15, 0.2) is 5.11 Å². The number of benzene rings is 1. The molecule has 0 aliphatic carbocycles. The molecule has 1 rings (SSSR count). The zero-order chi connectivity index (χ0) is 13.7. The van der Waals surface area contributed by atoms with Crippen LogP contribution < -0.4 is 16.0 Å². The fraction of sp³-hybridized carbons (Fsp3) is 0.333. The Morgan fingerprint density at radius 2 is 2.06 bits per heavy atom. The van der Waals surface area contributed by atoms with E-state index >= 15 is 0 Å². The Bertz CT molecular complexity index is 453. The molecule has 1 aromatic carbocycles. The maximum atomic E-state index is 11.1. The van der Waals surface area contributed by atoms with E-state index in [0.717, 1.165) is 16.8 Å². The monoisotopic (exact) mass is 285 g/mol. The van der Waals surface area contributed by atoms with Gasteiger partial charge in [-0.2, -0.15) is 0 Å². The van der Waals surface area contributed by atoms with Gasteiger partial charge in [-0.15, -0.1) is 0 Å². The molecular formula is C12H16ClN3OS. The molecule has 98 valence electrons. The number of anilines is 1. The number of aryl methyl sites for hydroxylation is 2. The molecule has 0 aromatic heterocycles. The first-order chi connectivity index (χ1) is 8.43. The first-order valence-electron chi connectivity index (χ1n) is 5.46. The van der Waals surface area contributed by atoms with Crippen molar-refractivity contribution >= 4 is 40.5 Å². The molecule has 0 saturated heterocycles. The maximum Gasteiger partial charge on any atom is 0.239 e. The Kier molecular flexibility index (Phi) is 5.37. The van der Waals surface area contributed by atoms with Gasteiger partial charge in [0, 0.05) is 7.05 Å². The van der Waals surface area contributed by atoms with Crippen LogP contribution in [0, 0.1) is 13.8 Å². The van der Waals surface area contributed by atoms with Crippen LogP contribution in [0.25, 0.3) is 0 Å². The van der Waals surface area contributed by atoms with Crippen molar-refractivity contribution in [2.75, 3.05) is 18.9 Å². The summed E-state index contributed by atoms with van der Waals surface area (Å²) < 4.78 is 0. The number of nitrogens with one attached hydrogen (secondary N) is 3. The molecule has 0 atom stereocenters. The standard InChI is InChI=1S/C12H16ClN3OS/c1-7-4-8(2)11(9(13)5-7)16-12(18)15-6-10(17)14-3/h4-5H,6H2,1-3H3,(H,14,17)(H2,15,16,18). The van der Waals surface area contributed by atoms with Crippen LogP contribution in [-0.2, 0) is 4.79 Å². The van der Waals surface area contributed by atoms with E-state index in [1.54, 1.807) is 7.05 Å². The second-order valence-electron chi connectivity index (χ2n) is 3.92. The summed E-state index contributed by atoms with van der Waals surface area (Å²) in [5.41, 5.74) is 2.85.